The maximum Gasteiger partial charge on any atom is 0 e. The van der Waals surface area contributed by atoms with E-state index in [0.717, 1.165) is 6.42 Å². The Hall–Kier alpha value is -0.677. The Balaban J connectivity index is 0.000000267. The minimum absolute atomic E-state index is 0. The maximum atomic E-state index is 2.20. The molecular formula is C15H20Ru-6. The Labute approximate surface area is 112 Å². The van der Waals surface area contributed by atoms with Gasteiger partial charge in [0.1, 0.15) is 0 Å². The van der Waals surface area contributed by atoms with E-state index in [1.807, 2.05) is 0 Å². The molecule has 94 valence electrons. The third-order valence-corrected chi connectivity index (χ3v) is 2.41. The summed E-state index contributed by atoms with van der Waals surface area (Å²) in [5, 5.41) is 0. The number of hydrogen-bond donors (Lipinski definition) is 0. The molecule has 0 aliphatic heterocycles. The first-order valence-corrected chi connectivity index (χ1v) is 5.78. The molecule has 0 atom stereocenters. The van der Waals surface area contributed by atoms with Gasteiger partial charge in [-0.25, -0.2) is 18.6 Å². The van der Waals surface area contributed by atoms with Gasteiger partial charge >= 0.3 is 0 Å². The quantitative estimate of drug-likeness (QED) is 0.585. The third kappa shape index (κ3) is 6.03. The first-order valence-electron chi connectivity index (χ1n) is 5.78. The van der Waals surface area contributed by atoms with Crippen LogP contribution in [-0.4, -0.2) is 0 Å². The maximum absolute atomic E-state index is 2.20. The second-order valence-corrected chi connectivity index (χ2v) is 3.69. The van der Waals surface area contributed by atoms with Gasteiger partial charge in [0.25, 0.3) is 0 Å². The van der Waals surface area contributed by atoms with Gasteiger partial charge in [-0.2, -0.15) is 17.7 Å². The standard InChI is InChI=1S/C8H11.C7H9.Ru/c1-2-5-8-6-3-4-7-8;1-2-7-5-3-4-6-7;/h3-4,6-7H,2,5H2,1H3;3-6H,2H2,1H3;/q-1;-5;. The van der Waals surface area contributed by atoms with Crippen molar-refractivity contribution in [1.29, 1.82) is 0 Å². The van der Waals surface area contributed by atoms with Gasteiger partial charge in [0.05, 0.1) is 0 Å². The molecule has 0 radical (unpaired) electrons. The molecule has 0 fully saturated rings. The summed E-state index contributed by atoms with van der Waals surface area (Å²) in [5.74, 6) is 0. The molecule has 2 aromatic carbocycles. The normalized spacial score (nSPS) is 8.88. The second-order valence-electron chi connectivity index (χ2n) is 3.69. The SMILES string of the molecule is CCC[c-]1cccc1.CC[c-]1[cH-][cH-][cH-][cH-]1.[Ru]. The van der Waals surface area contributed by atoms with Crippen LogP contribution in [-0.2, 0) is 32.3 Å². The van der Waals surface area contributed by atoms with E-state index in [1.165, 1.54) is 24.0 Å². The average Bonchev–Trinajstić information content (AvgIpc) is 2.91. The summed E-state index contributed by atoms with van der Waals surface area (Å²) >= 11 is 0. The summed E-state index contributed by atoms with van der Waals surface area (Å²) in [5.41, 5.74) is 2.90. The van der Waals surface area contributed by atoms with Gasteiger partial charge in [-0.3, -0.25) is 0 Å². The molecule has 0 bridgehead atoms. The predicted octanol–water partition coefficient (Wildman–Crippen LogP) is 4.32. The van der Waals surface area contributed by atoms with Crippen LogP contribution in [0.2, 0.25) is 0 Å². The van der Waals surface area contributed by atoms with Crippen molar-refractivity contribution in [3.63, 3.8) is 0 Å². The molecule has 16 heavy (non-hydrogen) atoms. The summed E-state index contributed by atoms with van der Waals surface area (Å²) in [6.45, 7) is 4.36. The zero-order chi connectivity index (χ0) is 10.9. The van der Waals surface area contributed by atoms with Crippen molar-refractivity contribution in [1.82, 2.24) is 0 Å². The number of rotatable bonds is 3. The van der Waals surface area contributed by atoms with Crippen molar-refractivity contribution >= 4 is 0 Å². The monoisotopic (exact) mass is 302 g/mol. The van der Waals surface area contributed by atoms with Crippen LogP contribution in [0.3, 0.4) is 0 Å². The third-order valence-electron chi connectivity index (χ3n) is 2.41. The van der Waals surface area contributed by atoms with Crippen molar-refractivity contribution in [3.8, 4) is 0 Å². The zero-order valence-electron chi connectivity index (χ0n) is 10.1. The zero-order valence-corrected chi connectivity index (χ0v) is 11.8. The minimum Gasteiger partial charge on any atom is -0.748 e. The van der Waals surface area contributed by atoms with Crippen LogP contribution in [0.5, 0.6) is 0 Å². The molecule has 1 heteroatoms. The van der Waals surface area contributed by atoms with Crippen LogP contribution in [0.1, 0.15) is 31.4 Å². The predicted molar refractivity (Wildman–Crippen MR) is 67.4 cm³/mol. The Morgan fingerprint density at radius 1 is 1.00 bits per heavy atom. The van der Waals surface area contributed by atoms with Gasteiger partial charge in [0, 0.05) is 19.5 Å². The van der Waals surface area contributed by atoms with Crippen molar-refractivity contribution in [2.45, 2.75) is 33.1 Å². The molecule has 0 nitrogen and oxygen atoms in total. The van der Waals surface area contributed by atoms with Crippen LogP contribution in [0, 0.1) is 0 Å². The van der Waals surface area contributed by atoms with Crippen LogP contribution in [0.4, 0.5) is 0 Å². The van der Waals surface area contributed by atoms with Gasteiger partial charge in [-0.1, -0.05) is 26.7 Å². The fourth-order valence-electron chi connectivity index (χ4n) is 1.52. The summed E-state index contributed by atoms with van der Waals surface area (Å²) in [6, 6.07) is 16.9. The van der Waals surface area contributed by atoms with Crippen LogP contribution < -0.4 is 0 Å². The van der Waals surface area contributed by atoms with Crippen LogP contribution in [0.25, 0.3) is 0 Å². The van der Waals surface area contributed by atoms with Crippen molar-refractivity contribution in [2.75, 3.05) is 0 Å². The Kier molecular flexibility index (Phi) is 9.14. The molecule has 0 spiro atoms. The van der Waals surface area contributed by atoms with E-state index in [-0.39, 0.29) is 19.5 Å². The summed E-state index contributed by atoms with van der Waals surface area (Å²) in [6.07, 6.45) is 3.64. The Bertz CT molecular complexity index is 316. The Morgan fingerprint density at radius 3 is 1.94 bits per heavy atom. The Morgan fingerprint density at radius 2 is 1.56 bits per heavy atom. The fourth-order valence-corrected chi connectivity index (χ4v) is 1.52. The van der Waals surface area contributed by atoms with Crippen LogP contribution in [0.15, 0.2) is 48.5 Å². The summed E-state index contributed by atoms with van der Waals surface area (Å²) < 4.78 is 0. The molecule has 0 unspecified atom stereocenters. The number of hydrogen-bond acceptors (Lipinski definition) is 0. The first-order chi connectivity index (χ1) is 7.36. The molecule has 0 saturated heterocycles. The summed E-state index contributed by atoms with van der Waals surface area (Å²) in [7, 11) is 0. The number of aryl methyl sites for hydroxylation is 2. The van der Waals surface area contributed by atoms with E-state index >= 15 is 0 Å². The van der Waals surface area contributed by atoms with E-state index in [9.17, 15) is 0 Å². The van der Waals surface area contributed by atoms with E-state index in [1.54, 1.807) is 0 Å². The second kappa shape index (κ2) is 9.54. The minimum atomic E-state index is 0. The molecule has 0 N–H and O–H groups in total. The van der Waals surface area contributed by atoms with Crippen molar-refractivity contribution in [3.05, 3.63) is 59.7 Å². The van der Waals surface area contributed by atoms with Gasteiger partial charge in [-0.05, 0) is 0 Å². The molecule has 0 amide bonds. The van der Waals surface area contributed by atoms with Gasteiger partial charge in [-0.15, -0.1) is 0 Å². The molecule has 0 aliphatic rings. The molecule has 0 saturated carbocycles. The topological polar surface area (TPSA) is 0 Å². The van der Waals surface area contributed by atoms with Crippen molar-refractivity contribution in [2.24, 2.45) is 0 Å². The first kappa shape index (κ1) is 15.3. The fraction of sp³-hybridized carbons (Fsp3) is 0.333. The van der Waals surface area contributed by atoms with Crippen molar-refractivity contribution < 1.29 is 19.5 Å². The van der Waals surface area contributed by atoms with E-state index in [2.05, 4.69) is 62.4 Å². The molecule has 0 aromatic heterocycles. The molecular weight excluding hydrogens is 281 g/mol. The molecule has 0 heterocycles. The molecule has 2 rings (SSSR count). The van der Waals surface area contributed by atoms with Crippen LogP contribution >= 0.6 is 0 Å². The summed E-state index contributed by atoms with van der Waals surface area (Å²) in [4.78, 5) is 0. The molecule has 2 aromatic rings. The largest absolute Gasteiger partial charge is 0.748 e. The van der Waals surface area contributed by atoms with Gasteiger partial charge in [0.15, 0.2) is 0 Å². The van der Waals surface area contributed by atoms with E-state index in [0.29, 0.717) is 0 Å². The molecule has 0 aliphatic carbocycles. The van der Waals surface area contributed by atoms with E-state index < -0.39 is 0 Å². The van der Waals surface area contributed by atoms with E-state index in [4.69, 9.17) is 0 Å². The average molecular weight is 301 g/mol. The smallest absolute Gasteiger partial charge is 0 e. The van der Waals surface area contributed by atoms with Gasteiger partial charge in [0.2, 0.25) is 0 Å². The van der Waals surface area contributed by atoms with Gasteiger partial charge < -0.3 is 29.8 Å².